The highest BCUT2D eigenvalue weighted by Crippen LogP contribution is 2.40. The lowest BCUT2D eigenvalue weighted by atomic mass is 9.85. The summed E-state index contributed by atoms with van der Waals surface area (Å²) in [5.41, 5.74) is 7.07. The van der Waals surface area contributed by atoms with Crippen molar-refractivity contribution in [2.45, 2.75) is 25.7 Å². The van der Waals surface area contributed by atoms with Crippen molar-refractivity contribution in [2.75, 3.05) is 7.11 Å². The van der Waals surface area contributed by atoms with E-state index < -0.39 is 0 Å². The molecule has 0 saturated carbocycles. The fraction of sp³-hybridized carbons (Fsp3) is 0.238. The number of aromatic nitrogens is 3. The lowest BCUT2D eigenvalue weighted by Gasteiger charge is -2.22. The smallest absolute Gasteiger partial charge is 0.128 e. The third-order valence-electron chi connectivity index (χ3n) is 5.25. The number of rotatable bonds is 2. The lowest BCUT2D eigenvalue weighted by molar-refractivity contribution is 0.416. The van der Waals surface area contributed by atoms with Crippen LogP contribution in [0.2, 0.25) is 0 Å². The van der Waals surface area contributed by atoms with Crippen LogP contribution in [0.1, 0.15) is 24.0 Å². The first kappa shape index (κ1) is 14.5. The van der Waals surface area contributed by atoms with Crippen molar-refractivity contribution in [3.05, 3.63) is 53.7 Å². The predicted molar refractivity (Wildman–Crippen MR) is 100 cm³/mol. The standard InChI is InChI=1S/C21H19N3O/c1-25-19-9-5-4-8-15(19)21-14-7-3-2-6-13(14)20-16-12-22-24-17(16)10-11-18(20)23-21/h4-5,8-12H,2-3,6-7H2,1H3,(H,22,24). The summed E-state index contributed by atoms with van der Waals surface area (Å²) in [5, 5.41) is 9.76. The van der Waals surface area contributed by atoms with Gasteiger partial charge in [0, 0.05) is 16.3 Å². The Morgan fingerprint density at radius 2 is 1.84 bits per heavy atom. The van der Waals surface area contributed by atoms with Gasteiger partial charge in [-0.15, -0.1) is 0 Å². The summed E-state index contributed by atoms with van der Waals surface area (Å²) in [5.74, 6) is 0.881. The number of para-hydroxylation sites is 1. The fourth-order valence-electron chi connectivity index (χ4n) is 4.11. The lowest BCUT2D eigenvalue weighted by Crippen LogP contribution is -2.08. The van der Waals surface area contributed by atoms with Gasteiger partial charge in [0.1, 0.15) is 5.75 Å². The van der Waals surface area contributed by atoms with Gasteiger partial charge in [-0.3, -0.25) is 5.10 Å². The van der Waals surface area contributed by atoms with E-state index in [0.717, 1.165) is 40.9 Å². The number of nitrogens with zero attached hydrogens (tertiary/aromatic N) is 2. The summed E-state index contributed by atoms with van der Waals surface area (Å²) < 4.78 is 5.61. The molecule has 4 nitrogen and oxygen atoms in total. The normalized spacial score (nSPS) is 14.0. The number of pyridine rings is 1. The molecule has 4 aromatic rings. The van der Waals surface area contributed by atoms with Crippen LogP contribution in [0.15, 0.2) is 42.6 Å². The zero-order chi connectivity index (χ0) is 16.8. The number of benzene rings is 2. The van der Waals surface area contributed by atoms with E-state index >= 15 is 0 Å². The van der Waals surface area contributed by atoms with Gasteiger partial charge in [-0.1, -0.05) is 12.1 Å². The van der Waals surface area contributed by atoms with Gasteiger partial charge in [-0.2, -0.15) is 5.10 Å². The molecule has 4 heteroatoms. The third-order valence-corrected chi connectivity index (χ3v) is 5.25. The van der Waals surface area contributed by atoms with Gasteiger partial charge in [0.2, 0.25) is 0 Å². The van der Waals surface area contributed by atoms with Crippen LogP contribution in [0.3, 0.4) is 0 Å². The molecule has 25 heavy (non-hydrogen) atoms. The highest BCUT2D eigenvalue weighted by Gasteiger charge is 2.22. The molecular formula is C21H19N3O. The van der Waals surface area contributed by atoms with E-state index in [9.17, 15) is 0 Å². The Morgan fingerprint density at radius 3 is 2.72 bits per heavy atom. The minimum absolute atomic E-state index is 0.881. The molecule has 0 aliphatic heterocycles. The van der Waals surface area contributed by atoms with Crippen LogP contribution in [0.25, 0.3) is 33.1 Å². The average Bonchev–Trinajstić information content (AvgIpc) is 3.16. The first-order chi connectivity index (χ1) is 12.4. The quantitative estimate of drug-likeness (QED) is 0.581. The molecule has 1 aliphatic carbocycles. The number of ether oxygens (including phenoxy) is 1. The van der Waals surface area contributed by atoms with E-state index in [1.807, 2.05) is 18.3 Å². The molecular weight excluding hydrogens is 310 g/mol. The summed E-state index contributed by atoms with van der Waals surface area (Å²) in [4.78, 5) is 5.08. The maximum absolute atomic E-state index is 5.61. The largest absolute Gasteiger partial charge is 0.496 e. The van der Waals surface area contributed by atoms with Gasteiger partial charge < -0.3 is 4.74 Å². The van der Waals surface area contributed by atoms with Crippen molar-refractivity contribution in [3.63, 3.8) is 0 Å². The van der Waals surface area contributed by atoms with Crippen LogP contribution in [0.4, 0.5) is 0 Å². The molecule has 1 aliphatic rings. The number of methoxy groups -OCH3 is 1. The summed E-state index contributed by atoms with van der Waals surface area (Å²) >= 11 is 0. The highest BCUT2D eigenvalue weighted by atomic mass is 16.5. The molecule has 0 spiro atoms. The minimum atomic E-state index is 0.881. The molecule has 5 rings (SSSR count). The van der Waals surface area contributed by atoms with Gasteiger partial charge in [0.15, 0.2) is 0 Å². The summed E-state index contributed by atoms with van der Waals surface area (Å²) in [6, 6.07) is 12.3. The second-order valence-corrected chi connectivity index (χ2v) is 6.62. The van der Waals surface area contributed by atoms with Crippen LogP contribution in [0, 0.1) is 0 Å². The second kappa shape index (κ2) is 5.59. The maximum atomic E-state index is 5.61. The van der Waals surface area contributed by atoms with E-state index in [0.29, 0.717) is 0 Å². The van der Waals surface area contributed by atoms with Crippen LogP contribution >= 0.6 is 0 Å². The first-order valence-electron chi connectivity index (χ1n) is 8.78. The molecule has 0 unspecified atom stereocenters. The van der Waals surface area contributed by atoms with Crippen molar-refractivity contribution in [3.8, 4) is 17.0 Å². The molecule has 2 heterocycles. The molecule has 0 amide bonds. The summed E-state index contributed by atoms with van der Waals surface area (Å²) in [7, 11) is 1.72. The number of H-pyrrole nitrogens is 1. The van der Waals surface area contributed by atoms with E-state index in [4.69, 9.17) is 9.72 Å². The Morgan fingerprint density at radius 1 is 1.00 bits per heavy atom. The highest BCUT2D eigenvalue weighted by molar-refractivity contribution is 6.07. The van der Waals surface area contributed by atoms with Crippen molar-refractivity contribution < 1.29 is 4.74 Å². The molecule has 124 valence electrons. The Kier molecular flexibility index (Phi) is 3.23. The molecule has 0 fully saturated rings. The monoisotopic (exact) mass is 329 g/mol. The van der Waals surface area contributed by atoms with E-state index in [-0.39, 0.29) is 0 Å². The third kappa shape index (κ3) is 2.14. The van der Waals surface area contributed by atoms with Gasteiger partial charge in [-0.05, 0) is 61.1 Å². The predicted octanol–water partition coefficient (Wildman–Crippen LogP) is 4.67. The van der Waals surface area contributed by atoms with Gasteiger partial charge in [0.25, 0.3) is 0 Å². The molecule has 0 bridgehead atoms. The first-order valence-corrected chi connectivity index (χ1v) is 8.78. The van der Waals surface area contributed by atoms with Crippen LogP contribution < -0.4 is 4.74 Å². The van der Waals surface area contributed by atoms with E-state index in [2.05, 4.69) is 34.5 Å². The zero-order valence-electron chi connectivity index (χ0n) is 14.2. The minimum Gasteiger partial charge on any atom is -0.496 e. The number of aryl methyl sites for hydroxylation is 1. The van der Waals surface area contributed by atoms with Crippen molar-refractivity contribution >= 4 is 21.8 Å². The summed E-state index contributed by atoms with van der Waals surface area (Å²) in [6.45, 7) is 0. The Bertz CT molecular complexity index is 1100. The number of hydrogen-bond acceptors (Lipinski definition) is 3. The molecule has 0 radical (unpaired) electrons. The number of hydrogen-bond donors (Lipinski definition) is 1. The van der Waals surface area contributed by atoms with E-state index in [1.165, 1.54) is 34.7 Å². The van der Waals surface area contributed by atoms with Crippen molar-refractivity contribution in [1.29, 1.82) is 0 Å². The Hall–Kier alpha value is -2.88. The van der Waals surface area contributed by atoms with Gasteiger partial charge in [0.05, 0.1) is 30.0 Å². The van der Waals surface area contributed by atoms with E-state index in [1.54, 1.807) is 7.11 Å². The van der Waals surface area contributed by atoms with Gasteiger partial charge in [-0.25, -0.2) is 4.98 Å². The van der Waals surface area contributed by atoms with Crippen molar-refractivity contribution in [1.82, 2.24) is 15.2 Å². The number of nitrogens with one attached hydrogen (secondary N) is 1. The SMILES string of the molecule is COc1ccccc1-c1nc2ccc3[nH]ncc3c2c2c1CCCC2. The van der Waals surface area contributed by atoms with Crippen molar-refractivity contribution in [2.24, 2.45) is 0 Å². The van der Waals surface area contributed by atoms with Crippen LogP contribution in [-0.4, -0.2) is 22.3 Å². The number of fused-ring (bicyclic) bond motifs is 5. The average molecular weight is 329 g/mol. The molecule has 0 saturated heterocycles. The Balaban J connectivity index is 1.90. The fourth-order valence-corrected chi connectivity index (χ4v) is 4.11. The molecule has 2 aromatic heterocycles. The maximum Gasteiger partial charge on any atom is 0.128 e. The summed E-state index contributed by atoms with van der Waals surface area (Å²) in [6.07, 6.45) is 6.53. The Labute approximate surface area is 145 Å². The molecule has 0 atom stereocenters. The topological polar surface area (TPSA) is 50.8 Å². The number of aromatic amines is 1. The second-order valence-electron chi connectivity index (χ2n) is 6.62. The van der Waals surface area contributed by atoms with Crippen LogP contribution in [0.5, 0.6) is 5.75 Å². The molecule has 2 aromatic carbocycles. The van der Waals surface area contributed by atoms with Crippen LogP contribution in [-0.2, 0) is 12.8 Å². The molecule has 1 N–H and O–H groups in total. The van der Waals surface area contributed by atoms with Gasteiger partial charge >= 0.3 is 0 Å². The zero-order valence-corrected chi connectivity index (χ0v) is 14.2.